The van der Waals surface area contributed by atoms with Crippen molar-refractivity contribution < 1.29 is 17.9 Å². The van der Waals surface area contributed by atoms with Gasteiger partial charge in [0, 0.05) is 12.6 Å². The van der Waals surface area contributed by atoms with Crippen molar-refractivity contribution >= 4 is 0 Å². The lowest BCUT2D eigenvalue weighted by Gasteiger charge is -2.10. The summed E-state index contributed by atoms with van der Waals surface area (Å²) < 4.78 is 39.7. The minimum atomic E-state index is -4.62. The first-order valence-electron chi connectivity index (χ1n) is 5.11. The smallest absolute Gasteiger partial charge is 0.406 e. The molecule has 1 N–H and O–H groups in total. The molecule has 1 aromatic rings. The first-order chi connectivity index (χ1) is 7.53. The van der Waals surface area contributed by atoms with E-state index in [1.54, 1.807) is 12.1 Å². The Balaban J connectivity index is 1.95. The average Bonchev–Trinajstić information content (AvgIpc) is 2.96. The van der Waals surface area contributed by atoms with Crippen LogP contribution in [0.2, 0.25) is 0 Å². The zero-order chi connectivity index (χ0) is 11.6. The van der Waals surface area contributed by atoms with Gasteiger partial charge in [0.05, 0.1) is 0 Å². The SMILES string of the molecule is FC(F)(F)Oc1cccc(CNC2CC2)c1. The molecule has 0 spiro atoms. The fourth-order valence-corrected chi connectivity index (χ4v) is 1.40. The van der Waals surface area contributed by atoms with Gasteiger partial charge in [-0.15, -0.1) is 13.2 Å². The average molecular weight is 231 g/mol. The maximum atomic E-state index is 12.0. The number of benzene rings is 1. The number of alkyl halides is 3. The second-order valence-electron chi connectivity index (χ2n) is 3.85. The zero-order valence-corrected chi connectivity index (χ0v) is 8.55. The van der Waals surface area contributed by atoms with Gasteiger partial charge in [0.15, 0.2) is 0 Å². The molecule has 2 rings (SSSR count). The normalized spacial score (nSPS) is 16.2. The van der Waals surface area contributed by atoms with Crippen LogP contribution in [-0.4, -0.2) is 12.4 Å². The number of ether oxygens (including phenoxy) is 1. The Bertz CT molecular complexity index is 360. The molecule has 0 bridgehead atoms. The van der Waals surface area contributed by atoms with Crippen molar-refractivity contribution in [1.29, 1.82) is 0 Å². The van der Waals surface area contributed by atoms with Crippen LogP contribution in [0.5, 0.6) is 5.75 Å². The molecule has 0 amide bonds. The standard InChI is InChI=1S/C11H12F3NO/c12-11(13,14)16-10-3-1-2-8(6-10)7-15-9-4-5-9/h1-3,6,9,15H,4-5,7H2. The number of nitrogens with one attached hydrogen (secondary N) is 1. The van der Waals surface area contributed by atoms with Crippen LogP contribution in [0.15, 0.2) is 24.3 Å². The van der Waals surface area contributed by atoms with E-state index in [9.17, 15) is 13.2 Å². The van der Waals surface area contributed by atoms with Gasteiger partial charge in [-0.25, -0.2) is 0 Å². The van der Waals surface area contributed by atoms with E-state index in [0.29, 0.717) is 12.6 Å². The Morgan fingerprint density at radius 2 is 2.06 bits per heavy atom. The lowest BCUT2D eigenvalue weighted by atomic mass is 10.2. The van der Waals surface area contributed by atoms with E-state index >= 15 is 0 Å². The largest absolute Gasteiger partial charge is 0.573 e. The summed E-state index contributed by atoms with van der Waals surface area (Å²) in [5.74, 6) is -0.164. The molecule has 0 aromatic heterocycles. The summed E-state index contributed by atoms with van der Waals surface area (Å²) in [7, 11) is 0. The highest BCUT2D eigenvalue weighted by atomic mass is 19.4. The molecular weight excluding hydrogens is 219 g/mol. The molecular formula is C11H12F3NO. The van der Waals surface area contributed by atoms with Gasteiger partial charge in [0.25, 0.3) is 0 Å². The maximum absolute atomic E-state index is 12.0. The second-order valence-corrected chi connectivity index (χ2v) is 3.85. The van der Waals surface area contributed by atoms with E-state index in [-0.39, 0.29) is 5.75 Å². The highest BCUT2D eigenvalue weighted by Gasteiger charge is 2.31. The van der Waals surface area contributed by atoms with E-state index in [2.05, 4.69) is 10.1 Å². The van der Waals surface area contributed by atoms with Crippen molar-refractivity contribution in [2.75, 3.05) is 0 Å². The van der Waals surface area contributed by atoms with E-state index < -0.39 is 6.36 Å². The molecule has 0 atom stereocenters. The van der Waals surface area contributed by atoms with E-state index in [1.165, 1.54) is 12.1 Å². The van der Waals surface area contributed by atoms with Gasteiger partial charge in [-0.05, 0) is 30.5 Å². The molecule has 5 heteroatoms. The Labute approximate surface area is 91.4 Å². The van der Waals surface area contributed by atoms with Gasteiger partial charge < -0.3 is 10.1 Å². The van der Waals surface area contributed by atoms with Crippen LogP contribution in [0.4, 0.5) is 13.2 Å². The predicted molar refractivity (Wildman–Crippen MR) is 53.0 cm³/mol. The minimum Gasteiger partial charge on any atom is -0.406 e. The third kappa shape index (κ3) is 3.73. The van der Waals surface area contributed by atoms with Crippen molar-refractivity contribution in [3.05, 3.63) is 29.8 Å². The fraction of sp³-hybridized carbons (Fsp3) is 0.455. The fourth-order valence-electron chi connectivity index (χ4n) is 1.40. The van der Waals surface area contributed by atoms with Crippen LogP contribution in [0.25, 0.3) is 0 Å². The van der Waals surface area contributed by atoms with Gasteiger partial charge in [-0.1, -0.05) is 12.1 Å². The van der Waals surface area contributed by atoms with Gasteiger partial charge in [-0.3, -0.25) is 0 Å². The summed E-state index contributed by atoms with van der Waals surface area (Å²) >= 11 is 0. The number of hydrogen-bond donors (Lipinski definition) is 1. The first-order valence-corrected chi connectivity index (χ1v) is 5.11. The maximum Gasteiger partial charge on any atom is 0.573 e. The number of halogens is 3. The molecule has 0 saturated heterocycles. The Hall–Kier alpha value is -1.23. The quantitative estimate of drug-likeness (QED) is 0.860. The molecule has 0 heterocycles. The lowest BCUT2D eigenvalue weighted by molar-refractivity contribution is -0.274. The van der Waals surface area contributed by atoms with Crippen molar-refractivity contribution in [3.8, 4) is 5.75 Å². The Kier molecular flexibility index (Phi) is 3.05. The van der Waals surface area contributed by atoms with E-state index in [1.807, 2.05) is 0 Å². The predicted octanol–water partition coefficient (Wildman–Crippen LogP) is 2.84. The molecule has 0 aliphatic heterocycles. The highest BCUT2D eigenvalue weighted by Crippen LogP contribution is 2.24. The van der Waals surface area contributed by atoms with Crippen molar-refractivity contribution in [2.24, 2.45) is 0 Å². The van der Waals surface area contributed by atoms with Crippen LogP contribution in [0.1, 0.15) is 18.4 Å². The summed E-state index contributed by atoms with van der Waals surface area (Å²) in [6.45, 7) is 0.583. The molecule has 1 saturated carbocycles. The zero-order valence-electron chi connectivity index (χ0n) is 8.55. The summed E-state index contributed by atoms with van der Waals surface area (Å²) in [4.78, 5) is 0. The summed E-state index contributed by atoms with van der Waals surface area (Å²) in [5, 5.41) is 3.23. The van der Waals surface area contributed by atoms with Crippen LogP contribution in [-0.2, 0) is 6.54 Å². The monoisotopic (exact) mass is 231 g/mol. The van der Waals surface area contributed by atoms with Crippen LogP contribution in [0.3, 0.4) is 0 Å². The minimum absolute atomic E-state index is 0.164. The topological polar surface area (TPSA) is 21.3 Å². The molecule has 16 heavy (non-hydrogen) atoms. The summed E-state index contributed by atoms with van der Waals surface area (Å²) in [6.07, 6.45) is -2.32. The third-order valence-electron chi connectivity index (χ3n) is 2.30. The number of hydrogen-bond acceptors (Lipinski definition) is 2. The molecule has 2 nitrogen and oxygen atoms in total. The highest BCUT2D eigenvalue weighted by molar-refractivity contribution is 5.28. The molecule has 0 radical (unpaired) electrons. The Morgan fingerprint density at radius 3 is 2.69 bits per heavy atom. The van der Waals surface area contributed by atoms with Crippen LogP contribution >= 0.6 is 0 Å². The van der Waals surface area contributed by atoms with Gasteiger partial charge in [0.2, 0.25) is 0 Å². The molecule has 1 aliphatic carbocycles. The van der Waals surface area contributed by atoms with Crippen LogP contribution in [0, 0.1) is 0 Å². The first kappa shape index (κ1) is 11.3. The second kappa shape index (κ2) is 4.33. The van der Waals surface area contributed by atoms with Gasteiger partial charge in [0.1, 0.15) is 5.75 Å². The van der Waals surface area contributed by atoms with E-state index in [4.69, 9.17) is 0 Å². The molecule has 1 fully saturated rings. The molecule has 1 aromatic carbocycles. The van der Waals surface area contributed by atoms with Crippen LogP contribution < -0.4 is 10.1 Å². The molecule has 1 aliphatic rings. The van der Waals surface area contributed by atoms with E-state index in [0.717, 1.165) is 18.4 Å². The van der Waals surface area contributed by atoms with Crippen molar-refractivity contribution in [3.63, 3.8) is 0 Å². The molecule has 0 unspecified atom stereocenters. The van der Waals surface area contributed by atoms with Crippen molar-refractivity contribution in [1.82, 2.24) is 5.32 Å². The van der Waals surface area contributed by atoms with Crippen molar-refractivity contribution in [2.45, 2.75) is 31.8 Å². The van der Waals surface area contributed by atoms with Gasteiger partial charge >= 0.3 is 6.36 Å². The summed E-state index contributed by atoms with van der Waals surface area (Å²) in [5.41, 5.74) is 0.800. The Morgan fingerprint density at radius 1 is 1.31 bits per heavy atom. The third-order valence-corrected chi connectivity index (χ3v) is 2.30. The number of rotatable bonds is 4. The van der Waals surface area contributed by atoms with Gasteiger partial charge in [-0.2, -0.15) is 0 Å². The lowest BCUT2D eigenvalue weighted by Crippen LogP contribution is -2.18. The summed E-state index contributed by atoms with van der Waals surface area (Å²) in [6, 6.07) is 6.58. The molecule has 88 valence electrons.